The van der Waals surface area contributed by atoms with Crippen LogP contribution >= 0.6 is 11.3 Å². The van der Waals surface area contributed by atoms with Gasteiger partial charge in [-0.1, -0.05) is 37.3 Å². The average molecular weight is 447 g/mol. The van der Waals surface area contributed by atoms with Gasteiger partial charge in [0.05, 0.1) is 12.0 Å². The highest BCUT2D eigenvalue weighted by atomic mass is 32.1. The first kappa shape index (κ1) is 20.7. The highest BCUT2D eigenvalue weighted by Crippen LogP contribution is 2.34. The molecule has 164 valence electrons. The van der Waals surface area contributed by atoms with E-state index in [9.17, 15) is 4.79 Å². The van der Waals surface area contributed by atoms with Crippen molar-refractivity contribution in [3.05, 3.63) is 81.0 Å². The molecule has 0 saturated carbocycles. The Labute approximate surface area is 190 Å². The van der Waals surface area contributed by atoms with Gasteiger partial charge >= 0.3 is 0 Å². The van der Waals surface area contributed by atoms with Gasteiger partial charge in [0, 0.05) is 30.1 Å². The lowest BCUT2D eigenvalue weighted by Crippen LogP contribution is -2.32. The van der Waals surface area contributed by atoms with Gasteiger partial charge in [-0.3, -0.25) is 9.69 Å². The Morgan fingerprint density at radius 2 is 1.91 bits per heavy atom. The molecule has 0 radical (unpaired) electrons. The summed E-state index contributed by atoms with van der Waals surface area (Å²) in [5.74, 6) is 7.50. The molecular formula is C25H26N4O2S. The predicted molar refractivity (Wildman–Crippen MR) is 130 cm³/mol. The van der Waals surface area contributed by atoms with Crippen LogP contribution in [0.1, 0.15) is 29.3 Å². The van der Waals surface area contributed by atoms with Gasteiger partial charge in [-0.15, -0.1) is 11.3 Å². The maximum absolute atomic E-state index is 13.2. The minimum Gasteiger partial charge on any atom is -0.494 e. The minimum absolute atomic E-state index is 0.176. The van der Waals surface area contributed by atoms with Crippen LogP contribution in [-0.4, -0.2) is 27.7 Å². The molecule has 0 aliphatic carbocycles. The van der Waals surface area contributed by atoms with Crippen molar-refractivity contribution in [1.29, 1.82) is 0 Å². The van der Waals surface area contributed by atoms with E-state index < -0.39 is 0 Å². The van der Waals surface area contributed by atoms with Crippen LogP contribution in [0.4, 0.5) is 0 Å². The summed E-state index contributed by atoms with van der Waals surface area (Å²) in [5.41, 5.74) is 3.03. The lowest BCUT2D eigenvalue weighted by Gasteiger charge is -2.26. The van der Waals surface area contributed by atoms with Gasteiger partial charge < -0.3 is 10.6 Å². The molecule has 2 N–H and O–H groups in total. The van der Waals surface area contributed by atoms with E-state index in [1.165, 1.54) is 15.1 Å². The van der Waals surface area contributed by atoms with Crippen molar-refractivity contribution in [1.82, 2.24) is 14.6 Å². The summed E-state index contributed by atoms with van der Waals surface area (Å²) in [7, 11) is 0. The number of ether oxygens (including phenoxy) is 1. The Morgan fingerprint density at radius 3 is 2.66 bits per heavy atom. The molecule has 0 saturated heterocycles. The summed E-state index contributed by atoms with van der Waals surface area (Å²) in [4.78, 5) is 22.4. The van der Waals surface area contributed by atoms with E-state index in [0.717, 1.165) is 54.2 Å². The fourth-order valence-electron chi connectivity index (χ4n) is 4.21. The van der Waals surface area contributed by atoms with Crippen LogP contribution in [0.2, 0.25) is 0 Å². The smallest absolute Gasteiger partial charge is 0.281 e. The van der Waals surface area contributed by atoms with Gasteiger partial charge in [0.2, 0.25) is 0 Å². The van der Waals surface area contributed by atoms with Crippen LogP contribution < -0.4 is 16.1 Å². The standard InChI is InChI=1S/C25H26N4O2S/c1-2-14-31-19-10-8-18(9-11-19)23-27-24-22(25(30)29(23)26)20-12-13-28(16-21(20)32-24)15-17-6-4-3-5-7-17/h3-11H,2,12-16,26H2,1H3. The molecule has 1 aliphatic heterocycles. The first-order valence-electron chi connectivity index (χ1n) is 11.0. The van der Waals surface area contributed by atoms with Crippen molar-refractivity contribution < 1.29 is 4.74 Å². The van der Waals surface area contributed by atoms with E-state index in [2.05, 4.69) is 36.1 Å². The number of rotatable bonds is 6. The number of hydrogen-bond acceptors (Lipinski definition) is 6. The number of benzene rings is 2. The van der Waals surface area contributed by atoms with Gasteiger partial charge in [0.15, 0.2) is 5.82 Å². The Kier molecular flexibility index (Phi) is 5.68. The highest BCUT2D eigenvalue weighted by molar-refractivity contribution is 7.18. The van der Waals surface area contributed by atoms with E-state index in [4.69, 9.17) is 15.6 Å². The molecule has 3 heterocycles. The van der Waals surface area contributed by atoms with Crippen molar-refractivity contribution in [2.24, 2.45) is 0 Å². The van der Waals surface area contributed by atoms with E-state index in [-0.39, 0.29) is 5.56 Å². The number of hydrogen-bond donors (Lipinski definition) is 1. The molecular weight excluding hydrogens is 420 g/mol. The van der Waals surface area contributed by atoms with Crippen LogP contribution in [0.3, 0.4) is 0 Å². The monoisotopic (exact) mass is 446 g/mol. The van der Waals surface area contributed by atoms with Gasteiger partial charge in [-0.2, -0.15) is 0 Å². The second-order valence-corrected chi connectivity index (χ2v) is 9.20. The summed E-state index contributed by atoms with van der Waals surface area (Å²) in [6, 6.07) is 18.1. The quantitative estimate of drug-likeness (QED) is 0.450. The fraction of sp³-hybridized carbons (Fsp3) is 0.280. The van der Waals surface area contributed by atoms with Crippen LogP contribution in [-0.2, 0) is 19.5 Å². The normalized spacial score (nSPS) is 13.9. The summed E-state index contributed by atoms with van der Waals surface area (Å²) < 4.78 is 6.84. The highest BCUT2D eigenvalue weighted by Gasteiger charge is 2.25. The predicted octanol–water partition coefficient (Wildman–Crippen LogP) is 4.19. The largest absolute Gasteiger partial charge is 0.494 e. The van der Waals surface area contributed by atoms with Gasteiger partial charge in [0.1, 0.15) is 10.6 Å². The lowest BCUT2D eigenvalue weighted by molar-refractivity contribution is 0.249. The van der Waals surface area contributed by atoms with Crippen LogP contribution in [0.25, 0.3) is 21.6 Å². The van der Waals surface area contributed by atoms with Crippen LogP contribution in [0, 0.1) is 0 Å². The Bertz CT molecular complexity index is 1300. The SMILES string of the molecule is CCCOc1ccc(-c2nc3sc4c(c3c(=O)n2N)CCN(Cc2ccccc2)C4)cc1. The summed E-state index contributed by atoms with van der Waals surface area (Å²) in [5, 5.41) is 0.679. The summed E-state index contributed by atoms with van der Waals surface area (Å²) >= 11 is 1.61. The number of aromatic nitrogens is 2. The first-order valence-corrected chi connectivity index (χ1v) is 11.8. The Hall–Kier alpha value is -3.16. The molecule has 0 unspecified atom stereocenters. The molecule has 1 aliphatic rings. The van der Waals surface area contributed by atoms with Crippen LogP contribution in [0.15, 0.2) is 59.4 Å². The van der Waals surface area contributed by atoms with Gasteiger partial charge in [0.25, 0.3) is 5.56 Å². The maximum atomic E-state index is 13.2. The molecule has 5 rings (SSSR count). The topological polar surface area (TPSA) is 73.4 Å². The zero-order valence-electron chi connectivity index (χ0n) is 18.1. The molecule has 0 atom stereocenters. The zero-order valence-corrected chi connectivity index (χ0v) is 18.9. The second kappa shape index (κ2) is 8.76. The fourth-order valence-corrected chi connectivity index (χ4v) is 5.46. The van der Waals surface area contributed by atoms with Crippen molar-refractivity contribution in [2.45, 2.75) is 32.9 Å². The third kappa shape index (κ3) is 3.89. The second-order valence-electron chi connectivity index (χ2n) is 8.11. The molecule has 0 fully saturated rings. The minimum atomic E-state index is -0.176. The van der Waals surface area contributed by atoms with Crippen LogP contribution in [0.5, 0.6) is 5.75 Å². The van der Waals surface area contributed by atoms with E-state index >= 15 is 0 Å². The molecule has 7 heteroatoms. The van der Waals surface area contributed by atoms with E-state index in [0.29, 0.717) is 17.8 Å². The van der Waals surface area contributed by atoms with Gasteiger partial charge in [-0.05, 0) is 48.2 Å². The average Bonchev–Trinajstić information content (AvgIpc) is 3.19. The molecule has 0 bridgehead atoms. The number of thiophene rings is 1. The summed E-state index contributed by atoms with van der Waals surface area (Å²) in [6.45, 7) is 5.39. The van der Waals surface area contributed by atoms with Crippen molar-refractivity contribution >= 4 is 21.6 Å². The number of nitrogens with two attached hydrogens (primary N) is 1. The number of nitrogen functional groups attached to an aromatic ring is 1. The van der Waals surface area contributed by atoms with Crippen molar-refractivity contribution in [2.75, 3.05) is 19.0 Å². The summed E-state index contributed by atoms with van der Waals surface area (Å²) in [6.07, 6.45) is 1.79. The molecule has 6 nitrogen and oxygen atoms in total. The van der Waals surface area contributed by atoms with Crippen molar-refractivity contribution in [3.63, 3.8) is 0 Å². The Balaban J connectivity index is 1.46. The number of fused-ring (bicyclic) bond motifs is 3. The number of nitrogens with zero attached hydrogens (tertiary/aromatic N) is 3. The Morgan fingerprint density at radius 1 is 1.12 bits per heavy atom. The zero-order chi connectivity index (χ0) is 22.1. The molecule has 32 heavy (non-hydrogen) atoms. The third-order valence-electron chi connectivity index (χ3n) is 5.82. The van der Waals surface area contributed by atoms with E-state index in [1.54, 1.807) is 11.3 Å². The molecule has 2 aromatic heterocycles. The molecule has 4 aromatic rings. The molecule has 2 aromatic carbocycles. The molecule has 0 spiro atoms. The third-order valence-corrected chi connectivity index (χ3v) is 6.93. The first-order chi connectivity index (χ1) is 15.6. The van der Waals surface area contributed by atoms with E-state index in [1.807, 2.05) is 30.3 Å². The lowest BCUT2D eigenvalue weighted by atomic mass is 10.0. The van der Waals surface area contributed by atoms with Gasteiger partial charge in [-0.25, -0.2) is 9.66 Å². The maximum Gasteiger partial charge on any atom is 0.281 e. The molecule has 0 amide bonds. The van der Waals surface area contributed by atoms with Crippen molar-refractivity contribution in [3.8, 4) is 17.1 Å².